The highest BCUT2D eigenvalue weighted by molar-refractivity contribution is 6.36. The molecule has 0 saturated heterocycles. The summed E-state index contributed by atoms with van der Waals surface area (Å²) < 4.78 is 5.26. The lowest BCUT2D eigenvalue weighted by Crippen LogP contribution is -2.13. The van der Waals surface area contributed by atoms with E-state index in [4.69, 9.17) is 40.2 Å². The summed E-state index contributed by atoms with van der Waals surface area (Å²) in [6, 6.07) is 1.48. The molecule has 1 unspecified atom stereocenters. The minimum Gasteiger partial charge on any atom is -0.460 e. The lowest BCUT2D eigenvalue weighted by molar-refractivity contribution is 0.268. The molecular weight excluding hydrogens is 237 g/mol. The van der Waals surface area contributed by atoms with Gasteiger partial charge in [0.15, 0.2) is 11.9 Å². The van der Waals surface area contributed by atoms with Gasteiger partial charge in [0.1, 0.15) is 5.02 Å². The van der Waals surface area contributed by atoms with Crippen LogP contribution in [0.3, 0.4) is 0 Å². The SMILES string of the molecule is C#CC(C)Oc1nc(NN)c(Cl)cc1Cl. The van der Waals surface area contributed by atoms with Crippen molar-refractivity contribution in [2.45, 2.75) is 13.0 Å². The lowest BCUT2D eigenvalue weighted by atomic mass is 10.4. The summed E-state index contributed by atoms with van der Waals surface area (Å²) in [6.07, 6.45) is 4.73. The van der Waals surface area contributed by atoms with Gasteiger partial charge in [-0.3, -0.25) is 0 Å². The topological polar surface area (TPSA) is 60.2 Å². The van der Waals surface area contributed by atoms with Crippen LogP contribution in [0.2, 0.25) is 10.0 Å². The van der Waals surface area contributed by atoms with Crippen molar-refractivity contribution in [2.24, 2.45) is 5.84 Å². The smallest absolute Gasteiger partial charge is 0.235 e. The quantitative estimate of drug-likeness (QED) is 0.487. The molecule has 0 radical (unpaired) electrons. The van der Waals surface area contributed by atoms with Crippen LogP contribution in [0.1, 0.15) is 6.92 Å². The summed E-state index contributed by atoms with van der Waals surface area (Å²) in [7, 11) is 0. The summed E-state index contributed by atoms with van der Waals surface area (Å²) in [4.78, 5) is 3.96. The normalized spacial score (nSPS) is 11.7. The van der Waals surface area contributed by atoms with E-state index in [0.29, 0.717) is 5.02 Å². The number of nitrogens with zero attached hydrogens (tertiary/aromatic N) is 1. The van der Waals surface area contributed by atoms with Crippen LogP contribution < -0.4 is 16.0 Å². The molecule has 0 saturated carbocycles. The fraction of sp³-hybridized carbons (Fsp3) is 0.222. The van der Waals surface area contributed by atoms with E-state index in [1.165, 1.54) is 6.07 Å². The van der Waals surface area contributed by atoms with Crippen molar-refractivity contribution in [3.05, 3.63) is 16.1 Å². The van der Waals surface area contributed by atoms with Gasteiger partial charge < -0.3 is 10.2 Å². The largest absolute Gasteiger partial charge is 0.460 e. The first-order valence-electron chi connectivity index (χ1n) is 4.04. The van der Waals surface area contributed by atoms with Gasteiger partial charge in [0.2, 0.25) is 5.88 Å². The predicted octanol–water partition coefficient (Wildman–Crippen LogP) is 2.07. The Bertz CT molecular complexity index is 403. The van der Waals surface area contributed by atoms with Crippen LogP contribution in [0.25, 0.3) is 0 Å². The van der Waals surface area contributed by atoms with Gasteiger partial charge in [0.05, 0.1) is 5.02 Å². The molecule has 0 spiro atoms. The number of hydrazine groups is 1. The van der Waals surface area contributed by atoms with Crippen molar-refractivity contribution in [2.75, 3.05) is 5.43 Å². The molecule has 0 amide bonds. The summed E-state index contributed by atoms with van der Waals surface area (Å²) in [5.74, 6) is 8.06. The van der Waals surface area contributed by atoms with Crippen LogP contribution in [-0.2, 0) is 0 Å². The van der Waals surface area contributed by atoms with Gasteiger partial charge in [0.25, 0.3) is 0 Å². The molecule has 0 bridgehead atoms. The Balaban J connectivity index is 3.03. The number of terminal acetylenes is 1. The molecule has 0 aliphatic rings. The minimum absolute atomic E-state index is 0.194. The van der Waals surface area contributed by atoms with E-state index in [1.807, 2.05) is 0 Å². The molecule has 0 aliphatic heterocycles. The van der Waals surface area contributed by atoms with Crippen molar-refractivity contribution in [1.82, 2.24) is 4.98 Å². The Hall–Kier alpha value is -1.15. The van der Waals surface area contributed by atoms with Gasteiger partial charge in [-0.1, -0.05) is 29.1 Å². The van der Waals surface area contributed by atoms with E-state index < -0.39 is 6.10 Å². The monoisotopic (exact) mass is 245 g/mol. The van der Waals surface area contributed by atoms with Crippen LogP contribution in [-0.4, -0.2) is 11.1 Å². The summed E-state index contributed by atoms with van der Waals surface area (Å²) in [6.45, 7) is 1.70. The standard InChI is InChI=1S/C9H9Cl2N3O/c1-3-5(2)15-9-7(11)4-6(10)8(13-9)14-12/h1,4-5H,12H2,2H3,(H,13,14). The van der Waals surface area contributed by atoms with E-state index in [2.05, 4.69) is 16.3 Å². The molecule has 1 aromatic rings. The fourth-order valence-electron chi connectivity index (χ4n) is 0.835. The number of nitrogens with two attached hydrogens (primary N) is 1. The molecule has 80 valence electrons. The number of pyridine rings is 1. The van der Waals surface area contributed by atoms with Gasteiger partial charge >= 0.3 is 0 Å². The van der Waals surface area contributed by atoms with E-state index in [1.54, 1.807) is 6.92 Å². The number of hydrogen-bond donors (Lipinski definition) is 2. The van der Waals surface area contributed by atoms with Gasteiger partial charge in [-0.15, -0.1) is 6.42 Å². The van der Waals surface area contributed by atoms with Crippen molar-refractivity contribution < 1.29 is 4.74 Å². The number of aromatic nitrogens is 1. The molecule has 1 aromatic heterocycles. The van der Waals surface area contributed by atoms with Crippen LogP contribution in [0.4, 0.5) is 5.82 Å². The molecule has 1 heterocycles. The zero-order valence-corrected chi connectivity index (χ0v) is 9.43. The molecule has 3 N–H and O–H groups in total. The van der Waals surface area contributed by atoms with Crippen molar-refractivity contribution >= 4 is 29.0 Å². The maximum Gasteiger partial charge on any atom is 0.235 e. The Morgan fingerprint density at radius 1 is 1.60 bits per heavy atom. The Morgan fingerprint density at radius 3 is 2.80 bits per heavy atom. The number of rotatable bonds is 3. The minimum atomic E-state index is -0.429. The summed E-state index contributed by atoms with van der Waals surface area (Å²) >= 11 is 11.6. The first-order chi connectivity index (χ1) is 7.08. The highest BCUT2D eigenvalue weighted by atomic mass is 35.5. The van der Waals surface area contributed by atoms with E-state index >= 15 is 0 Å². The Labute approximate surface area is 97.7 Å². The second-order valence-corrected chi connectivity index (χ2v) is 3.49. The lowest BCUT2D eigenvalue weighted by Gasteiger charge is -2.11. The highest BCUT2D eigenvalue weighted by Gasteiger charge is 2.11. The number of halogens is 2. The molecule has 1 atom stereocenters. The third-order valence-electron chi connectivity index (χ3n) is 1.56. The third-order valence-corrected chi connectivity index (χ3v) is 2.12. The molecule has 4 nitrogen and oxygen atoms in total. The maximum atomic E-state index is 5.85. The highest BCUT2D eigenvalue weighted by Crippen LogP contribution is 2.30. The molecular formula is C9H9Cl2N3O. The number of ether oxygens (including phenoxy) is 1. The average Bonchev–Trinajstić information content (AvgIpc) is 2.21. The second-order valence-electron chi connectivity index (χ2n) is 2.68. The molecule has 0 fully saturated rings. The van der Waals surface area contributed by atoms with E-state index in [-0.39, 0.29) is 16.7 Å². The van der Waals surface area contributed by atoms with Crippen molar-refractivity contribution in [3.8, 4) is 18.2 Å². The first kappa shape index (κ1) is 11.9. The zero-order valence-electron chi connectivity index (χ0n) is 7.92. The predicted molar refractivity (Wildman–Crippen MR) is 61.0 cm³/mol. The van der Waals surface area contributed by atoms with Crippen LogP contribution in [0.15, 0.2) is 6.07 Å². The van der Waals surface area contributed by atoms with Gasteiger partial charge in [-0.05, 0) is 13.0 Å². The number of anilines is 1. The van der Waals surface area contributed by atoms with Gasteiger partial charge in [-0.2, -0.15) is 4.98 Å². The zero-order chi connectivity index (χ0) is 11.4. The Kier molecular flexibility index (Phi) is 4.04. The van der Waals surface area contributed by atoms with Gasteiger partial charge in [0, 0.05) is 0 Å². The van der Waals surface area contributed by atoms with Crippen molar-refractivity contribution in [3.63, 3.8) is 0 Å². The Morgan fingerprint density at radius 2 is 2.27 bits per heavy atom. The third kappa shape index (κ3) is 2.90. The van der Waals surface area contributed by atoms with Gasteiger partial charge in [-0.25, -0.2) is 5.84 Å². The second kappa shape index (κ2) is 5.08. The molecule has 0 aliphatic carbocycles. The molecule has 0 aromatic carbocycles. The number of hydrogen-bond acceptors (Lipinski definition) is 4. The number of nitrogens with one attached hydrogen (secondary N) is 1. The average molecular weight is 246 g/mol. The summed E-state index contributed by atoms with van der Waals surface area (Å²) in [5, 5.41) is 0.587. The molecule has 6 heteroatoms. The molecule has 1 rings (SSSR count). The maximum absolute atomic E-state index is 5.85. The number of nitrogen functional groups attached to an aromatic ring is 1. The van der Waals surface area contributed by atoms with Crippen LogP contribution in [0, 0.1) is 12.3 Å². The van der Waals surface area contributed by atoms with Crippen LogP contribution in [0.5, 0.6) is 5.88 Å². The van der Waals surface area contributed by atoms with E-state index in [9.17, 15) is 0 Å². The summed E-state index contributed by atoms with van der Waals surface area (Å²) in [5.41, 5.74) is 2.32. The fourth-order valence-corrected chi connectivity index (χ4v) is 1.29. The molecule has 15 heavy (non-hydrogen) atoms. The van der Waals surface area contributed by atoms with E-state index in [0.717, 1.165) is 0 Å². The van der Waals surface area contributed by atoms with Crippen molar-refractivity contribution in [1.29, 1.82) is 0 Å². The first-order valence-corrected chi connectivity index (χ1v) is 4.79. The van der Waals surface area contributed by atoms with Crippen LogP contribution >= 0.6 is 23.2 Å².